The Labute approximate surface area is 122 Å². The molecule has 20 heavy (non-hydrogen) atoms. The van der Waals surface area contributed by atoms with Gasteiger partial charge in [0.1, 0.15) is 0 Å². The number of benzene rings is 1. The molecular formula is C16H26N4. The molecule has 0 aromatic heterocycles. The molecule has 0 spiro atoms. The van der Waals surface area contributed by atoms with Crippen LogP contribution in [0, 0.1) is 13.8 Å². The van der Waals surface area contributed by atoms with E-state index >= 15 is 0 Å². The summed E-state index contributed by atoms with van der Waals surface area (Å²) in [6.45, 7) is 12.4. The minimum atomic E-state index is 0.257. The van der Waals surface area contributed by atoms with Gasteiger partial charge in [0.05, 0.1) is 0 Å². The van der Waals surface area contributed by atoms with Crippen molar-refractivity contribution < 1.29 is 0 Å². The van der Waals surface area contributed by atoms with Crippen LogP contribution in [0.5, 0.6) is 0 Å². The molecule has 0 saturated carbocycles. The van der Waals surface area contributed by atoms with Crippen molar-refractivity contribution in [2.45, 2.75) is 33.7 Å². The van der Waals surface area contributed by atoms with Gasteiger partial charge in [0, 0.05) is 37.9 Å². The maximum atomic E-state index is 6.04. The summed E-state index contributed by atoms with van der Waals surface area (Å²) in [7, 11) is 0. The second-order valence-corrected chi connectivity index (χ2v) is 5.77. The summed E-state index contributed by atoms with van der Waals surface area (Å²) in [6, 6.07) is 6.77. The van der Waals surface area contributed by atoms with E-state index in [0.717, 1.165) is 26.2 Å². The van der Waals surface area contributed by atoms with Crippen molar-refractivity contribution in [2.75, 3.05) is 31.1 Å². The highest BCUT2D eigenvalue weighted by molar-refractivity contribution is 5.78. The molecule has 1 aliphatic rings. The first kappa shape index (κ1) is 14.7. The fourth-order valence-electron chi connectivity index (χ4n) is 2.60. The van der Waals surface area contributed by atoms with Crippen molar-refractivity contribution in [2.24, 2.45) is 10.7 Å². The van der Waals surface area contributed by atoms with Gasteiger partial charge in [-0.3, -0.25) is 4.99 Å². The van der Waals surface area contributed by atoms with Crippen LogP contribution in [-0.4, -0.2) is 43.1 Å². The van der Waals surface area contributed by atoms with Crippen LogP contribution in [0.2, 0.25) is 0 Å². The highest BCUT2D eigenvalue weighted by Gasteiger charge is 2.19. The largest absolute Gasteiger partial charge is 0.370 e. The summed E-state index contributed by atoms with van der Waals surface area (Å²) in [4.78, 5) is 9.06. The van der Waals surface area contributed by atoms with Gasteiger partial charge in [0.25, 0.3) is 0 Å². The Morgan fingerprint density at radius 1 is 1.15 bits per heavy atom. The van der Waals surface area contributed by atoms with E-state index in [4.69, 9.17) is 5.73 Å². The van der Waals surface area contributed by atoms with Crippen LogP contribution in [0.15, 0.2) is 23.2 Å². The average Bonchev–Trinajstić information content (AvgIpc) is 2.41. The Morgan fingerprint density at radius 2 is 1.80 bits per heavy atom. The zero-order chi connectivity index (χ0) is 14.7. The highest BCUT2D eigenvalue weighted by atomic mass is 15.3. The number of aryl methyl sites for hydroxylation is 1. The topological polar surface area (TPSA) is 44.9 Å². The second-order valence-electron chi connectivity index (χ2n) is 5.77. The van der Waals surface area contributed by atoms with Crippen LogP contribution in [0.4, 0.5) is 5.69 Å². The first-order valence-corrected chi connectivity index (χ1v) is 7.38. The van der Waals surface area contributed by atoms with Gasteiger partial charge >= 0.3 is 0 Å². The van der Waals surface area contributed by atoms with Crippen molar-refractivity contribution in [1.29, 1.82) is 0 Å². The quantitative estimate of drug-likeness (QED) is 0.664. The molecule has 110 valence electrons. The summed E-state index contributed by atoms with van der Waals surface area (Å²) in [5.41, 5.74) is 10.1. The smallest absolute Gasteiger partial charge is 0.191 e. The number of hydrogen-bond donors (Lipinski definition) is 1. The monoisotopic (exact) mass is 274 g/mol. The Bertz CT molecular complexity index is 485. The predicted octanol–water partition coefficient (Wildman–Crippen LogP) is 2.15. The molecule has 0 bridgehead atoms. The molecule has 1 aromatic rings. The fourth-order valence-corrected chi connectivity index (χ4v) is 2.60. The molecule has 4 nitrogen and oxygen atoms in total. The lowest BCUT2D eigenvalue weighted by atomic mass is 10.1. The number of guanidine groups is 1. The summed E-state index contributed by atoms with van der Waals surface area (Å²) in [5, 5.41) is 0. The molecule has 2 rings (SSSR count). The molecule has 1 saturated heterocycles. The van der Waals surface area contributed by atoms with E-state index in [2.05, 4.69) is 60.7 Å². The summed E-state index contributed by atoms with van der Waals surface area (Å²) in [5.74, 6) is 0.681. The summed E-state index contributed by atoms with van der Waals surface area (Å²) < 4.78 is 0. The van der Waals surface area contributed by atoms with Crippen molar-refractivity contribution in [3.05, 3.63) is 29.3 Å². The lowest BCUT2D eigenvalue weighted by Crippen LogP contribution is -2.51. The molecule has 1 fully saturated rings. The number of nitrogens with zero attached hydrogens (tertiary/aromatic N) is 3. The normalized spacial score (nSPS) is 16.9. The molecule has 2 N–H and O–H groups in total. The Hall–Kier alpha value is -1.71. The standard InChI is InChI=1S/C16H26N4/c1-12(2)18-16(17)20-10-8-19(9-11-20)15-7-5-6-13(3)14(15)4/h5-7,12H,8-11H2,1-4H3,(H2,17,18). The van der Waals surface area contributed by atoms with E-state index in [-0.39, 0.29) is 6.04 Å². The molecule has 1 aliphatic heterocycles. The van der Waals surface area contributed by atoms with Gasteiger partial charge in [-0.2, -0.15) is 0 Å². The molecule has 0 aliphatic carbocycles. The summed E-state index contributed by atoms with van der Waals surface area (Å²) >= 11 is 0. The van der Waals surface area contributed by atoms with E-state index in [0.29, 0.717) is 5.96 Å². The predicted molar refractivity (Wildman–Crippen MR) is 86.5 cm³/mol. The van der Waals surface area contributed by atoms with Crippen LogP contribution in [0.3, 0.4) is 0 Å². The van der Waals surface area contributed by atoms with E-state index in [1.165, 1.54) is 16.8 Å². The van der Waals surface area contributed by atoms with Gasteiger partial charge in [-0.25, -0.2) is 0 Å². The maximum Gasteiger partial charge on any atom is 0.191 e. The number of rotatable bonds is 2. The number of aliphatic imine (C=N–C) groups is 1. The van der Waals surface area contributed by atoms with E-state index in [9.17, 15) is 0 Å². The number of anilines is 1. The van der Waals surface area contributed by atoms with Gasteiger partial charge < -0.3 is 15.5 Å². The Kier molecular flexibility index (Phi) is 4.53. The van der Waals surface area contributed by atoms with Gasteiger partial charge in [-0.15, -0.1) is 0 Å². The molecular weight excluding hydrogens is 248 g/mol. The minimum absolute atomic E-state index is 0.257. The number of hydrogen-bond acceptors (Lipinski definition) is 2. The van der Waals surface area contributed by atoms with Gasteiger partial charge in [0.2, 0.25) is 0 Å². The van der Waals surface area contributed by atoms with E-state index < -0.39 is 0 Å². The van der Waals surface area contributed by atoms with Crippen LogP contribution in [0.1, 0.15) is 25.0 Å². The highest BCUT2D eigenvalue weighted by Crippen LogP contribution is 2.23. The molecule has 1 aromatic carbocycles. The zero-order valence-corrected chi connectivity index (χ0v) is 13.1. The zero-order valence-electron chi connectivity index (χ0n) is 13.1. The van der Waals surface area contributed by atoms with Gasteiger partial charge in [-0.1, -0.05) is 12.1 Å². The Morgan fingerprint density at radius 3 is 2.40 bits per heavy atom. The lowest BCUT2D eigenvalue weighted by molar-refractivity contribution is 0.379. The molecule has 0 amide bonds. The van der Waals surface area contributed by atoms with Crippen molar-refractivity contribution >= 4 is 11.6 Å². The van der Waals surface area contributed by atoms with Crippen LogP contribution in [-0.2, 0) is 0 Å². The van der Waals surface area contributed by atoms with Crippen molar-refractivity contribution in [1.82, 2.24) is 4.90 Å². The number of piperazine rings is 1. The fraction of sp³-hybridized carbons (Fsp3) is 0.562. The van der Waals surface area contributed by atoms with E-state index in [1.807, 2.05) is 0 Å². The van der Waals surface area contributed by atoms with Crippen molar-refractivity contribution in [3.63, 3.8) is 0 Å². The molecule has 1 heterocycles. The third-order valence-electron chi connectivity index (χ3n) is 3.91. The molecule has 0 unspecified atom stereocenters. The SMILES string of the molecule is Cc1cccc(N2CCN(C(N)=NC(C)C)CC2)c1C. The maximum absolute atomic E-state index is 6.04. The van der Waals surface area contributed by atoms with Gasteiger partial charge in [0.15, 0.2) is 5.96 Å². The van der Waals surface area contributed by atoms with Crippen LogP contribution < -0.4 is 10.6 Å². The third-order valence-corrected chi connectivity index (χ3v) is 3.91. The minimum Gasteiger partial charge on any atom is -0.370 e. The molecule has 0 atom stereocenters. The van der Waals surface area contributed by atoms with E-state index in [1.54, 1.807) is 0 Å². The van der Waals surface area contributed by atoms with Crippen molar-refractivity contribution in [3.8, 4) is 0 Å². The Balaban J connectivity index is 2.03. The van der Waals surface area contributed by atoms with Crippen LogP contribution in [0.25, 0.3) is 0 Å². The van der Waals surface area contributed by atoms with Crippen LogP contribution >= 0.6 is 0 Å². The molecule has 4 heteroatoms. The third kappa shape index (κ3) is 3.24. The molecule has 0 radical (unpaired) electrons. The lowest BCUT2D eigenvalue weighted by Gasteiger charge is -2.37. The summed E-state index contributed by atoms with van der Waals surface area (Å²) in [6.07, 6.45) is 0. The van der Waals surface area contributed by atoms with Gasteiger partial charge in [-0.05, 0) is 44.9 Å². The second kappa shape index (κ2) is 6.16. The average molecular weight is 274 g/mol. The first-order valence-electron chi connectivity index (χ1n) is 7.38. The first-order chi connectivity index (χ1) is 9.49. The number of nitrogens with two attached hydrogens (primary N) is 1.